The van der Waals surface area contributed by atoms with Crippen molar-refractivity contribution >= 4 is 17.7 Å². The Morgan fingerprint density at radius 3 is 2.77 bits per heavy atom. The zero-order valence-electron chi connectivity index (χ0n) is 12.9. The number of ether oxygens (including phenoxy) is 1. The molecule has 3 rings (SSSR count). The monoisotopic (exact) mass is 293 g/mol. The summed E-state index contributed by atoms with van der Waals surface area (Å²) in [6.45, 7) is 5.26. The third-order valence-corrected chi connectivity index (χ3v) is 3.94. The van der Waals surface area contributed by atoms with Crippen LogP contribution in [-0.2, 0) is 4.79 Å². The number of anilines is 1. The largest absolute Gasteiger partial charge is 0.490 e. The minimum Gasteiger partial charge on any atom is -0.490 e. The van der Waals surface area contributed by atoms with Gasteiger partial charge in [-0.05, 0) is 48.7 Å². The summed E-state index contributed by atoms with van der Waals surface area (Å²) in [7, 11) is 0. The van der Waals surface area contributed by atoms with Gasteiger partial charge in [-0.1, -0.05) is 30.3 Å². The third-order valence-electron chi connectivity index (χ3n) is 3.94. The van der Waals surface area contributed by atoms with E-state index in [1.807, 2.05) is 36.4 Å². The topological polar surface area (TPSA) is 29.5 Å². The van der Waals surface area contributed by atoms with Crippen LogP contribution in [0.2, 0.25) is 0 Å². The van der Waals surface area contributed by atoms with E-state index in [-0.39, 0.29) is 5.91 Å². The van der Waals surface area contributed by atoms with Crippen LogP contribution in [0.5, 0.6) is 5.75 Å². The van der Waals surface area contributed by atoms with Gasteiger partial charge in [0.25, 0.3) is 5.91 Å². The lowest BCUT2D eigenvalue weighted by Gasteiger charge is -2.28. The van der Waals surface area contributed by atoms with Gasteiger partial charge < -0.3 is 9.64 Å². The van der Waals surface area contributed by atoms with Gasteiger partial charge in [0.2, 0.25) is 0 Å². The molecule has 0 aromatic heterocycles. The maximum absolute atomic E-state index is 12.5. The Labute approximate surface area is 130 Å². The predicted molar refractivity (Wildman–Crippen MR) is 89.2 cm³/mol. The number of aryl methyl sites for hydroxylation is 2. The second kappa shape index (κ2) is 6.06. The second-order valence-corrected chi connectivity index (χ2v) is 5.48. The zero-order chi connectivity index (χ0) is 15.5. The number of hydrogen-bond acceptors (Lipinski definition) is 2. The van der Waals surface area contributed by atoms with Crippen LogP contribution in [0.15, 0.2) is 48.5 Å². The molecule has 0 fully saturated rings. The van der Waals surface area contributed by atoms with Crippen LogP contribution < -0.4 is 9.64 Å². The fraction of sp³-hybridized carbons (Fsp3) is 0.211. The highest BCUT2D eigenvalue weighted by atomic mass is 16.5. The van der Waals surface area contributed by atoms with Crippen LogP contribution >= 0.6 is 0 Å². The smallest absolute Gasteiger partial charge is 0.251 e. The fourth-order valence-corrected chi connectivity index (χ4v) is 2.52. The highest BCUT2D eigenvalue weighted by Crippen LogP contribution is 2.31. The number of hydrogen-bond donors (Lipinski definition) is 0. The van der Waals surface area contributed by atoms with Gasteiger partial charge in [0.15, 0.2) is 0 Å². The molecule has 0 bridgehead atoms. The molecule has 0 radical (unpaired) electrons. The first kappa shape index (κ1) is 14.4. The minimum absolute atomic E-state index is 0.0195. The standard InChI is InChI=1S/C19H19NO2/c1-14-7-8-16(13-15(14)2)9-10-19(21)20-11-12-22-18-6-4-3-5-17(18)20/h3-10,13H,11-12H2,1-2H3/b10-9+. The van der Waals surface area contributed by atoms with Crippen molar-refractivity contribution in [3.63, 3.8) is 0 Å². The van der Waals surface area contributed by atoms with Gasteiger partial charge in [-0.3, -0.25) is 4.79 Å². The number of para-hydroxylation sites is 2. The molecule has 1 amide bonds. The number of rotatable bonds is 2. The van der Waals surface area contributed by atoms with Crippen LogP contribution in [-0.4, -0.2) is 19.1 Å². The van der Waals surface area contributed by atoms with Crippen LogP contribution in [0.1, 0.15) is 16.7 Å². The molecule has 0 spiro atoms. The first-order chi connectivity index (χ1) is 10.6. The van der Waals surface area contributed by atoms with Crippen molar-refractivity contribution in [1.82, 2.24) is 0 Å². The van der Waals surface area contributed by atoms with E-state index < -0.39 is 0 Å². The number of benzene rings is 2. The summed E-state index contributed by atoms with van der Waals surface area (Å²) in [4.78, 5) is 14.2. The maximum Gasteiger partial charge on any atom is 0.251 e. The predicted octanol–water partition coefficient (Wildman–Crippen LogP) is 3.74. The van der Waals surface area contributed by atoms with Crippen molar-refractivity contribution in [2.24, 2.45) is 0 Å². The number of carbonyl (C=O) groups is 1. The van der Waals surface area contributed by atoms with E-state index in [4.69, 9.17) is 4.74 Å². The van der Waals surface area contributed by atoms with Gasteiger partial charge in [0, 0.05) is 6.08 Å². The van der Waals surface area contributed by atoms with Gasteiger partial charge in [-0.25, -0.2) is 0 Å². The molecule has 112 valence electrons. The van der Waals surface area contributed by atoms with E-state index in [0.717, 1.165) is 17.0 Å². The van der Waals surface area contributed by atoms with E-state index in [0.29, 0.717) is 13.2 Å². The number of amides is 1. The number of nitrogens with zero attached hydrogens (tertiary/aromatic N) is 1. The molecule has 3 heteroatoms. The van der Waals surface area contributed by atoms with Crippen LogP contribution in [0.25, 0.3) is 6.08 Å². The molecule has 3 nitrogen and oxygen atoms in total. The van der Waals surface area contributed by atoms with E-state index in [9.17, 15) is 4.79 Å². The van der Waals surface area contributed by atoms with Crippen molar-refractivity contribution in [2.75, 3.05) is 18.1 Å². The lowest BCUT2D eigenvalue weighted by Crippen LogP contribution is -2.36. The van der Waals surface area contributed by atoms with Crippen molar-refractivity contribution in [3.8, 4) is 5.75 Å². The Balaban J connectivity index is 1.80. The highest BCUT2D eigenvalue weighted by Gasteiger charge is 2.21. The van der Waals surface area contributed by atoms with Crippen LogP contribution in [0.4, 0.5) is 5.69 Å². The average molecular weight is 293 g/mol. The summed E-state index contributed by atoms with van der Waals surface area (Å²) >= 11 is 0. The highest BCUT2D eigenvalue weighted by molar-refractivity contribution is 6.04. The van der Waals surface area contributed by atoms with E-state index in [1.54, 1.807) is 11.0 Å². The number of fused-ring (bicyclic) bond motifs is 1. The summed E-state index contributed by atoms with van der Waals surface area (Å²) in [5.41, 5.74) is 4.36. The normalized spacial score (nSPS) is 13.8. The Morgan fingerprint density at radius 1 is 1.14 bits per heavy atom. The van der Waals surface area contributed by atoms with Gasteiger partial charge in [-0.2, -0.15) is 0 Å². The van der Waals surface area contributed by atoms with Crippen molar-refractivity contribution in [3.05, 3.63) is 65.2 Å². The number of carbonyl (C=O) groups excluding carboxylic acids is 1. The average Bonchev–Trinajstić information content (AvgIpc) is 2.55. The second-order valence-electron chi connectivity index (χ2n) is 5.48. The Hall–Kier alpha value is -2.55. The molecule has 22 heavy (non-hydrogen) atoms. The quantitative estimate of drug-likeness (QED) is 0.789. The van der Waals surface area contributed by atoms with Crippen molar-refractivity contribution in [2.45, 2.75) is 13.8 Å². The molecule has 0 unspecified atom stereocenters. The molecule has 0 saturated heterocycles. The maximum atomic E-state index is 12.5. The van der Waals surface area contributed by atoms with Crippen LogP contribution in [0, 0.1) is 13.8 Å². The summed E-state index contributed by atoms with van der Waals surface area (Å²) in [5, 5.41) is 0. The Kier molecular flexibility index (Phi) is 3.96. The summed E-state index contributed by atoms with van der Waals surface area (Å²) in [6.07, 6.45) is 3.50. The molecule has 0 aliphatic carbocycles. The zero-order valence-corrected chi connectivity index (χ0v) is 12.9. The van der Waals surface area contributed by atoms with Crippen molar-refractivity contribution < 1.29 is 9.53 Å². The van der Waals surface area contributed by atoms with Gasteiger partial charge in [0.1, 0.15) is 12.4 Å². The molecular formula is C19H19NO2. The summed E-state index contributed by atoms with van der Waals surface area (Å²) < 4.78 is 5.58. The van der Waals surface area contributed by atoms with E-state index in [1.165, 1.54) is 11.1 Å². The first-order valence-electron chi connectivity index (χ1n) is 7.44. The summed E-state index contributed by atoms with van der Waals surface area (Å²) in [5.74, 6) is 0.746. The SMILES string of the molecule is Cc1ccc(/C=C/C(=O)N2CCOc3ccccc32)cc1C. The van der Waals surface area contributed by atoms with Gasteiger partial charge in [-0.15, -0.1) is 0 Å². The van der Waals surface area contributed by atoms with E-state index in [2.05, 4.69) is 26.0 Å². The van der Waals surface area contributed by atoms with Gasteiger partial charge >= 0.3 is 0 Å². The lowest BCUT2D eigenvalue weighted by atomic mass is 10.1. The van der Waals surface area contributed by atoms with Crippen LogP contribution in [0.3, 0.4) is 0 Å². The molecule has 0 N–H and O–H groups in total. The molecular weight excluding hydrogens is 274 g/mol. The Morgan fingerprint density at radius 2 is 1.95 bits per heavy atom. The molecule has 0 saturated carbocycles. The Bertz CT molecular complexity index is 734. The molecule has 2 aromatic carbocycles. The minimum atomic E-state index is -0.0195. The molecule has 0 atom stereocenters. The van der Waals surface area contributed by atoms with E-state index >= 15 is 0 Å². The van der Waals surface area contributed by atoms with Crippen molar-refractivity contribution in [1.29, 1.82) is 0 Å². The fourth-order valence-electron chi connectivity index (χ4n) is 2.52. The van der Waals surface area contributed by atoms with Gasteiger partial charge in [0.05, 0.1) is 12.2 Å². The molecule has 1 heterocycles. The molecule has 1 aliphatic heterocycles. The first-order valence-corrected chi connectivity index (χ1v) is 7.44. The third kappa shape index (κ3) is 2.89. The molecule has 1 aliphatic rings. The lowest BCUT2D eigenvalue weighted by molar-refractivity contribution is -0.114. The summed E-state index contributed by atoms with van der Waals surface area (Å²) in [6, 6.07) is 13.8. The molecule has 2 aromatic rings.